The Hall–Kier alpha value is -4.25. The van der Waals surface area contributed by atoms with Gasteiger partial charge in [-0.25, -0.2) is 9.59 Å². The van der Waals surface area contributed by atoms with Crippen LogP contribution in [0.15, 0.2) is 47.6 Å². The minimum Gasteiger partial charge on any atom is -0.490 e. The molecule has 0 saturated carbocycles. The lowest BCUT2D eigenvalue weighted by molar-refractivity contribution is -0.114. The minimum absolute atomic E-state index is 0.0257. The molecule has 0 aliphatic rings. The van der Waals surface area contributed by atoms with Crippen LogP contribution in [0.4, 0.5) is 11.4 Å². The van der Waals surface area contributed by atoms with Crippen molar-refractivity contribution in [3.05, 3.63) is 53.6 Å². The predicted octanol–water partition coefficient (Wildman–Crippen LogP) is 1.59. The standard InChI is InChI=1S/C22H24N4O7/c1-13(27)19(20(28)24-16-6-4-5-7-18(16)33-11-10-23)26-25-17-12-14(21(29)31-2)8-9-15(17)22(30)32-3/h4-9,12,25H,10-11,23H2,1-3H3,(H,24,28)/b26-19-. The van der Waals surface area contributed by atoms with Crippen molar-refractivity contribution in [3.63, 3.8) is 0 Å². The zero-order chi connectivity index (χ0) is 24.4. The molecule has 0 heterocycles. The summed E-state index contributed by atoms with van der Waals surface area (Å²) in [6.07, 6.45) is 0. The fourth-order valence-electron chi connectivity index (χ4n) is 2.62. The maximum Gasteiger partial charge on any atom is 0.340 e. The molecule has 0 saturated heterocycles. The first-order valence-electron chi connectivity index (χ1n) is 9.70. The molecule has 174 valence electrons. The van der Waals surface area contributed by atoms with Gasteiger partial charge in [-0.2, -0.15) is 5.10 Å². The summed E-state index contributed by atoms with van der Waals surface area (Å²) in [4.78, 5) is 48.8. The molecule has 33 heavy (non-hydrogen) atoms. The predicted molar refractivity (Wildman–Crippen MR) is 120 cm³/mol. The van der Waals surface area contributed by atoms with Gasteiger partial charge in [-0.15, -0.1) is 0 Å². The number of nitrogens with two attached hydrogens (primary N) is 1. The van der Waals surface area contributed by atoms with E-state index in [9.17, 15) is 19.2 Å². The Kier molecular flexibility index (Phi) is 9.06. The number of nitrogens with one attached hydrogen (secondary N) is 2. The monoisotopic (exact) mass is 456 g/mol. The van der Waals surface area contributed by atoms with Gasteiger partial charge in [0.2, 0.25) is 0 Å². The summed E-state index contributed by atoms with van der Waals surface area (Å²) in [5.74, 6) is -2.47. The van der Waals surface area contributed by atoms with Gasteiger partial charge in [-0.05, 0) is 30.3 Å². The number of hydrogen-bond donors (Lipinski definition) is 3. The summed E-state index contributed by atoms with van der Waals surface area (Å²) in [6, 6.07) is 10.6. The van der Waals surface area contributed by atoms with E-state index >= 15 is 0 Å². The Bertz CT molecular complexity index is 1080. The number of carbonyl (C=O) groups is 4. The summed E-state index contributed by atoms with van der Waals surface area (Å²) in [7, 11) is 2.39. The van der Waals surface area contributed by atoms with Crippen molar-refractivity contribution in [1.82, 2.24) is 0 Å². The highest BCUT2D eigenvalue weighted by Gasteiger charge is 2.20. The number of ketones is 1. The number of Topliss-reactive ketones (excluding diaryl/α,β-unsaturated/α-hetero) is 1. The third kappa shape index (κ3) is 6.61. The Morgan fingerprint density at radius 2 is 1.67 bits per heavy atom. The lowest BCUT2D eigenvalue weighted by Crippen LogP contribution is -2.30. The Morgan fingerprint density at radius 3 is 2.30 bits per heavy atom. The molecular formula is C22H24N4O7. The number of anilines is 2. The molecule has 0 aromatic heterocycles. The quantitative estimate of drug-likeness (QED) is 0.209. The maximum atomic E-state index is 12.7. The first-order chi connectivity index (χ1) is 15.8. The summed E-state index contributed by atoms with van der Waals surface area (Å²) in [5, 5.41) is 6.43. The number of hydrogen-bond acceptors (Lipinski definition) is 10. The number of esters is 2. The fourth-order valence-corrected chi connectivity index (χ4v) is 2.62. The number of methoxy groups -OCH3 is 2. The average molecular weight is 456 g/mol. The molecule has 2 aromatic rings. The number of para-hydroxylation sites is 2. The van der Waals surface area contributed by atoms with Crippen LogP contribution in [0.2, 0.25) is 0 Å². The molecule has 0 bridgehead atoms. The van der Waals surface area contributed by atoms with E-state index in [2.05, 4.69) is 20.6 Å². The molecule has 11 nitrogen and oxygen atoms in total. The van der Waals surface area contributed by atoms with Gasteiger partial charge < -0.3 is 25.3 Å². The van der Waals surface area contributed by atoms with Crippen LogP contribution in [0.5, 0.6) is 5.75 Å². The molecule has 0 aliphatic carbocycles. The highest BCUT2D eigenvalue weighted by molar-refractivity contribution is 6.67. The molecule has 0 radical (unpaired) electrons. The molecule has 11 heteroatoms. The van der Waals surface area contributed by atoms with Gasteiger partial charge in [0, 0.05) is 13.5 Å². The largest absolute Gasteiger partial charge is 0.490 e. The number of carbonyl (C=O) groups excluding carboxylic acids is 4. The first-order valence-corrected chi connectivity index (χ1v) is 9.70. The van der Waals surface area contributed by atoms with E-state index in [0.717, 1.165) is 6.92 Å². The van der Waals surface area contributed by atoms with E-state index in [1.165, 1.54) is 32.4 Å². The van der Waals surface area contributed by atoms with Crippen molar-refractivity contribution in [2.75, 3.05) is 38.1 Å². The van der Waals surface area contributed by atoms with Gasteiger partial charge in [0.25, 0.3) is 5.91 Å². The van der Waals surface area contributed by atoms with E-state index in [1.807, 2.05) is 0 Å². The summed E-state index contributed by atoms with van der Waals surface area (Å²) < 4.78 is 14.9. The highest BCUT2D eigenvalue weighted by atomic mass is 16.5. The summed E-state index contributed by atoms with van der Waals surface area (Å²) in [5.41, 5.74) is 7.94. The number of nitrogens with zero attached hydrogens (tertiary/aromatic N) is 1. The lowest BCUT2D eigenvalue weighted by Gasteiger charge is -2.13. The van der Waals surface area contributed by atoms with Gasteiger partial charge >= 0.3 is 11.9 Å². The molecule has 0 unspecified atom stereocenters. The zero-order valence-corrected chi connectivity index (χ0v) is 18.3. The van der Waals surface area contributed by atoms with E-state index in [0.29, 0.717) is 11.4 Å². The van der Waals surface area contributed by atoms with Crippen molar-refractivity contribution >= 4 is 40.7 Å². The Labute approximate surface area is 189 Å². The van der Waals surface area contributed by atoms with Crippen molar-refractivity contribution in [2.24, 2.45) is 10.8 Å². The third-order valence-electron chi connectivity index (χ3n) is 4.19. The van der Waals surface area contributed by atoms with Crippen molar-refractivity contribution in [3.8, 4) is 5.75 Å². The molecule has 1 amide bonds. The molecule has 0 atom stereocenters. The third-order valence-corrected chi connectivity index (χ3v) is 4.19. The van der Waals surface area contributed by atoms with E-state index in [1.54, 1.807) is 24.3 Å². The summed E-state index contributed by atoms with van der Waals surface area (Å²) >= 11 is 0. The topological polar surface area (TPSA) is 158 Å². The van der Waals surface area contributed by atoms with Crippen LogP contribution in [0.3, 0.4) is 0 Å². The Balaban J connectivity index is 2.35. The van der Waals surface area contributed by atoms with Gasteiger partial charge in [0.1, 0.15) is 12.4 Å². The molecule has 2 aromatic carbocycles. The van der Waals surface area contributed by atoms with Crippen LogP contribution in [-0.4, -0.2) is 56.7 Å². The number of hydrazone groups is 1. The normalized spacial score (nSPS) is 10.7. The molecule has 2 rings (SSSR count). The molecule has 0 spiro atoms. The molecule has 0 aliphatic heterocycles. The molecule has 0 fully saturated rings. The SMILES string of the molecule is COC(=O)c1ccc(C(=O)OC)c(N/N=C(/C(C)=O)C(=O)Nc2ccccc2OCCN)c1. The van der Waals surface area contributed by atoms with Crippen LogP contribution < -0.4 is 21.2 Å². The van der Waals surface area contributed by atoms with Crippen LogP contribution in [-0.2, 0) is 19.1 Å². The van der Waals surface area contributed by atoms with Crippen LogP contribution in [0, 0.1) is 0 Å². The van der Waals surface area contributed by atoms with E-state index in [4.69, 9.17) is 15.2 Å². The van der Waals surface area contributed by atoms with E-state index < -0.39 is 29.3 Å². The smallest absolute Gasteiger partial charge is 0.340 e. The van der Waals surface area contributed by atoms with Crippen molar-refractivity contribution in [1.29, 1.82) is 0 Å². The fraction of sp³-hybridized carbons (Fsp3) is 0.227. The Morgan fingerprint density at radius 1 is 0.970 bits per heavy atom. The van der Waals surface area contributed by atoms with Crippen molar-refractivity contribution in [2.45, 2.75) is 6.92 Å². The van der Waals surface area contributed by atoms with E-state index in [-0.39, 0.29) is 30.0 Å². The van der Waals surface area contributed by atoms with Gasteiger partial charge in [0.05, 0.1) is 36.7 Å². The first kappa shape index (κ1) is 25.0. The van der Waals surface area contributed by atoms with Crippen LogP contribution >= 0.6 is 0 Å². The number of ether oxygens (including phenoxy) is 3. The summed E-state index contributed by atoms with van der Waals surface area (Å²) in [6.45, 7) is 1.66. The van der Waals surface area contributed by atoms with Crippen molar-refractivity contribution < 1.29 is 33.4 Å². The average Bonchev–Trinajstić information content (AvgIpc) is 2.82. The minimum atomic E-state index is -0.817. The second-order valence-corrected chi connectivity index (χ2v) is 6.46. The number of rotatable bonds is 10. The molecule has 4 N–H and O–H groups in total. The highest BCUT2D eigenvalue weighted by Crippen LogP contribution is 2.24. The second kappa shape index (κ2) is 12.0. The second-order valence-electron chi connectivity index (χ2n) is 6.46. The van der Waals surface area contributed by atoms with Gasteiger partial charge in [-0.3, -0.25) is 15.0 Å². The lowest BCUT2D eigenvalue weighted by atomic mass is 10.1. The van der Waals surface area contributed by atoms with Gasteiger partial charge in [-0.1, -0.05) is 12.1 Å². The van der Waals surface area contributed by atoms with Crippen LogP contribution in [0.25, 0.3) is 0 Å². The molecular weight excluding hydrogens is 432 g/mol. The zero-order valence-electron chi connectivity index (χ0n) is 18.3. The number of benzene rings is 2. The van der Waals surface area contributed by atoms with Crippen LogP contribution in [0.1, 0.15) is 27.6 Å². The van der Waals surface area contributed by atoms with Gasteiger partial charge in [0.15, 0.2) is 11.5 Å². The number of amides is 1. The maximum absolute atomic E-state index is 12.7.